The van der Waals surface area contributed by atoms with E-state index < -0.39 is 17.5 Å². The van der Waals surface area contributed by atoms with Gasteiger partial charge in [-0.25, -0.2) is 9.78 Å². The van der Waals surface area contributed by atoms with Crippen LogP contribution >= 0.6 is 11.3 Å². The quantitative estimate of drug-likeness (QED) is 0.167. The average molecular weight is 636 g/mol. The van der Waals surface area contributed by atoms with Gasteiger partial charge in [-0.15, -0.1) is 11.3 Å². The van der Waals surface area contributed by atoms with E-state index in [2.05, 4.69) is 15.6 Å². The van der Waals surface area contributed by atoms with Crippen LogP contribution in [0.3, 0.4) is 0 Å². The SMILES string of the molecule is Cc1cc(Oc2ccccc2)ccc1N1C(=O)Nc2c(C(=O)NC3CCCN(C(=O)C(C#N)=CC(C)(C)N)C3)sc3nccc1c23. The molecule has 0 bridgehead atoms. The van der Waals surface area contributed by atoms with E-state index in [1.54, 1.807) is 35.9 Å². The normalized spacial score (nSPS) is 16.5. The van der Waals surface area contributed by atoms with Crippen molar-refractivity contribution in [1.82, 2.24) is 15.2 Å². The molecule has 2 aromatic carbocycles. The number of nitriles is 1. The van der Waals surface area contributed by atoms with Gasteiger partial charge in [0.1, 0.15) is 32.8 Å². The van der Waals surface area contributed by atoms with Crippen LogP contribution < -0.4 is 26.0 Å². The number of amides is 4. The number of aryl methyl sites for hydroxylation is 1. The monoisotopic (exact) mass is 635 g/mol. The molecule has 4 aromatic rings. The molecule has 4 N–H and O–H groups in total. The zero-order valence-electron chi connectivity index (χ0n) is 25.7. The van der Waals surface area contributed by atoms with Crippen molar-refractivity contribution in [1.29, 1.82) is 5.26 Å². The van der Waals surface area contributed by atoms with E-state index in [1.807, 2.05) is 61.5 Å². The molecule has 0 aliphatic carbocycles. The summed E-state index contributed by atoms with van der Waals surface area (Å²) in [4.78, 5) is 49.0. The van der Waals surface area contributed by atoms with Crippen molar-refractivity contribution in [3.63, 3.8) is 0 Å². The number of benzene rings is 2. The maximum atomic E-state index is 13.7. The van der Waals surface area contributed by atoms with Gasteiger partial charge in [-0.2, -0.15) is 5.26 Å². The largest absolute Gasteiger partial charge is 0.457 e. The van der Waals surface area contributed by atoms with Crippen LogP contribution in [-0.4, -0.2) is 52.4 Å². The number of para-hydroxylation sites is 1. The minimum atomic E-state index is -0.821. The molecular weight excluding hydrogens is 602 g/mol. The molecule has 0 saturated carbocycles. The van der Waals surface area contributed by atoms with Gasteiger partial charge in [0.05, 0.1) is 22.4 Å². The number of urea groups is 1. The fourth-order valence-corrected chi connectivity index (χ4v) is 6.79. The van der Waals surface area contributed by atoms with Crippen molar-refractivity contribution in [3.05, 3.63) is 82.9 Å². The number of ether oxygens (including phenoxy) is 1. The predicted octanol–water partition coefficient (Wildman–Crippen LogP) is 5.99. The molecule has 1 fully saturated rings. The molecule has 2 aliphatic rings. The maximum absolute atomic E-state index is 13.7. The Hall–Kier alpha value is -5.25. The third-order valence-electron chi connectivity index (χ3n) is 7.75. The number of hydrogen-bond donors (Lipinski definition) is 3. The second kappa shape index (κ2) is 12.3. The number of carbonyl (C=O) groups is 3. The predicted molar refractivity (Wildman–Crippen MR) is 178 cm³/mol. The minimum Gasteiger partial charge on any atom is -0.457 e. The summed E-state index contributed by atoms with van der Waals surface area (Å²) in [5.41, 5.74) is 7.69. The summed E-state index contributed by atoms with van der Waals surface area (Å²) in [6.07, 6.45) is 4.41. The highest BCUT2D eigenvalue weighted by Gasteiger charge is 2.35. The number of thiophene rings is 1. The number of rotatable bonds is 7. The van der Waals surface area contributed by atoms with Gasteiger partial charge < -0.3 is 26.0 Å². The van der Waals surface area contributed by atoms with Crippen LogP contribution in [0.15, 0.2) is 72.4 Å². The lowest BCUT2D eigenvalue weighted by atomic mass is 10.0. The lowest BCUT2D eigenvalue weighted by molar-refractivity contribution is -0.128. The van der Waals surface area contributed by atoms with Crippen LogP contribution in [0.25, 0.3) is 10.2 Å². The van der Waals surface area contributed by atoms with Crippen molar-refractivity contribution in [2.45, 2.75) is 45.2 Å². The first kappa shape index (κ1) is 30.8. The molecule has 1 atom stereocenters. The summed E-state index contributed by atoms with van der Waals surface area (Å²) in [6.45, 7) is 6.06. The van der Waals surface area contributed by atoms with Crippen molar-refractivity contribution < 1.29 is 19.1 Å². The summed E-state index contributed by atoms with van der Waals surface area (Å²) in [5, 5.41) is 16.2. The second-order valence-corrected chi connectivity index (χ2v) is 13.0. The zero-order chi connectivity index (χ0) is 32.6. The Labute approximate surface area is 270 Å². The molecule has 1 saturated heterocycles. The van der Waals surface area contributed by atoms with Gasteiger partial charge in [0.15, 0.2) is 0 Å². The van der Waals surface area contributed by atoms with Crippen LogP contribution in [0.4, 0.5) is 21.9 Å². The molecule has 6 rings (SSSR count). The molecule has 4 amide bonds. The highest BCUT2D eigenvalue weighted by Crippen LogP contribution is 2.46. The Balaban J connectivity index is 1.24. The number of aromatic nitrogens is 1. The summed E-state index contributed by atoms with van der Waals surface area (Å²) in [5.74, 6) is 0.579. The molecule has 12 heteroatoms. The number of anilines is 3. The smallest absolute Gasteiger partial charge is 0.331 e. The van der Waals surface area contributed by atoms with Crippen molar-refractivity contribution in [2.24, 2.45) is 5.73 Å². The number of nitrogens with zero attached hydrogens (tertiary/aromatic N) is 4. The van der Waals surface area contributed by atoms with Gasteiger partial charge in [0, 0.05) is 30.9 Å². The maximum Gasteiger partial charge on any atom is 0.331 e. The molecule has 2 aliphatic heterocycles. The topological polar surface area (TPSA) is 154 Å². The molecule has 4 heterocycles. The van der Waals surface area contributed by atoms with E-state index in [0.717, 1.165) is 5.56 Å². The number of nitrogens with one attached hydrogen (secondary N) is 2. The molecule has 11 nitrogen and oxygen atoms in total. The molecule has 0 spiro atoms. The standard InChI is InChI=1S/C34H33N7O4S/c1-20-16-24(45-23-9-5-4-6-10-23)11-12-25(20)41-26-13-14-37-31-27(26)28(39-33(41)44)29(46-31)30(42)38-22-8-7-15-40(19-22)32(43)21(18-35)17-34(2,3)36/h4-6,9-14,16-17,22H,7-8,15,19,36H2,1-3H3,(H,38,42)(H,39,44). The fraction of sp³-hybridized carbons (Fsp3) is 0.265. The summed E-state index contributed by atoms with van der Waals surface area (Å²) < 4.78 is 5.97. The molecule has 2 aromatic heterocycles. The van der Waals surface area contributed by atoms with Gasteiger partial charge >= 0.3 is 6.03 Å². The number of hydrogen-bond acceptors (Lipinski definition) is 8. The van der Waals surface area contributed by atoms with E-state index in [-0.39, 0.29) is 24.1 Å². The first-order chi connectivity index (χ1) is 22.0. The van der Waals surface area contributed by atoms with E-state index in [0.29, 0.717) is 63.0 Å². The van der Waals surface area contributed by atoms with Crippen LogP contribution in [-0.2, 0) is 4.79 Å². The van der Waals surface area contributed by atoms with Gasteiger partial charge in [0.2, 0.25) is 0 Å². The Morgan fingerprint density at radius 3 is 2.67 bits per heavy atom. The number of carbonyl (C=O) groups excluding carboxylic acids is 3. The highest BCUT2D eigenvalue weighted by molar-refractivity contribution is 7.21. The number of likely N-dealkylation sites (tertiary alicyclic amines) is 1. The second-order valence-electron chi connectivity index (χ2n) is 12.0. The lowest BCUT2D eigenvalue weighted by Crippen LogP contribution is -2.50. The van der Waals surface area contributed by atoms with Crippen molar-refractivity contribution in [3.8, 4) is 17.6 Å². The van der Waals surface area contributed by atoms with E-state index in [4.69, 9.17) is 10.5 Å². The third-order valence-corrected chi connectivity index (χ3v) is 8.85. The van der Waals surface area contributed by atoms with E-state index in [9.17, 15) is 19.6 Å². The first-order valence-corrected chi connectivity index (χ1v) is 15.7. The molecule has 234 valence electrons. The van der Waals surface area contributed by atoms with Gasteiger partial charge in [-0.3, -0.25) is 14.5 Å². The summed E-state index contributed by atoms with van der Waals surface area (Å²) in [7, 11) is 0. The van der Waals surface area contributed by atoms with Gasteiger partial charge in [0.25, 0.3) is 11.8 Å². The van der Waals surface area contributed by atoms with Crippen LogP contribution in [0.5, 0.6) is 11.5 Å². The Morgan fingerprint density at radius 2 is 1.96 bits per heavy atom. The zero-order valence-corrected chi connectivity index (χ0v) is 26.5. The van der Waals surface area contributed by atoms with Crippen LogP contribution in [0.1, 0.15) is 41.9 Å². The first-order valence-electron chi connectivity index (χ1n) is 14.9. The number of nitrogens with two attached hydrogens (primary N) is 1. The highest BCUT2D eigenvalue weighted by atomic mass is 32.1. The Kier molecular flexibility index (Phi) is 8.20. The minimum absolute atomic E-state index is 0.0205. The number of pyridine rings is 1. The van der Waals surface area contributed by atoms with E-state index in [1.165, 1.54) is 17.4 Å². The Morgan fingerprint density at radius 1 is 1.17 bits per heavy atom. The summed E-state index contributed by atoms with van der Waals surface area (Å²) >= 11 is 1.20. The molecule has 0 radical (unpaired) electrons. The molecule has 46 heavy (non-hydrogen) atoms. The van der Waals surface area contributed by atoms with Crippen LogP contribution in [0.2, 0.25) is 0 Å². The van der Waals surface area contributed by atoms with Gasteiger partial charge in [-0.1, -0.05) is 18.2 Å². The van der Waals surface area contributed by atoms with Crippen molar-refractivity contribution in [2.75, 3.05) is 23.3 Å². The molecular formula is C34H33N7O4S. The molecule has 1 unspecified atom stereocenters. The van der Waals surface area contributed by atoms with E-state index >= 15 is 0 Å². The van der Waals surface area contributed by atoms with Crippen molar-refractivity contribution >= 4 is 56.5 Å². The third kappa shape index (κ3) is 6.15. The average Bonchev–Trinajstić information content (AvgIpc) is 3.40. The van der Waals surface area contributed by atoms with Crippen LogP contribution in [0, 0.1) is 18.3 Å². The number of piperidine rings is 1. The van der Waals surface area contributed by atoms with Gasteiger partial charge in [-0.05, 0) is 81.7 Å². The lowest BCUT2D eigenvalue weighted by Gasteiger charge is -2.33. The summed E-state index contributed by atoms with van der Waals surface area (Å²) in [6, 6.07) is 18.0. The fourth-order valence-electron chi connectivity index (χ4n) is 5.77. The Bertz CT molecular complexity index is 1920.